The second-order valence-corrected chi connectivity index (χ2v) is 4.01. The average Bonchev–Trinajstić information content (AvgIpc) is 2.06. The molecule has 0 unspecified atom stereocenters. The van der Waals surface area contributed by atoms with E-state index in [1.165, 1.54) is 0 Å². The fourth-order valence-electron chi connectivity index (χ4n) is 1.40. The Hall–Kier alpha value is -1.46. The minimum absolute atomic E-state index is 0.0218. The van der Waals surface area contributed by atoms with Crippen molar-refractivity contribution < 1.29 is 13.2 Å². The smallest absolute Gasteiger partial charge is 0.399 e. The Balaban J connectivity index is 3.39. The number of rotatable bonds is 2. The summed E-state index contributed by atoms with van der Waals surface area (Å²) in [5.41, 5.74) is 3.36. The highest BCUT2D eigenvalue weighted by Gasteiger charge is 2.34. The SMILES string of the molecule is CC(C)Cn1c(C(F)(F)F)cc(N)cc1=O. The molecule has 0 aliphatic carbocycles. The number of aromatic nitrogens is 1. The van der Waals surface area contributed by atoms with Gasteiger partial charge in [-0.2, -0.15) is 13.2 Å². The Morgan fingerprint density at radius 2 is 1.94 bits per heavy atom. The Bertz CT molecular complexity index is 435. The first-order chi connectivity index (χ1) is 7.21. The number of pyridine rings is 1. The average molecular weight is 234 g/mol. The van der Waals surface area contributed by atoms with E-state index in [4.69, 9.17) is 5.73 Å². The van der Waals surface area contributed by atoms with E-state index in [1.54, 1.807) is 13.8 Å². The third-order valence-corrected chi connectivity index (χ3v) is 1.99. The van der Waals surface area contributed by atoms with Crippen molar-refractivity contribution in [1.82, 2.24) is 4.57 Å². The number of nitrogen functional groups attached to an aromatic ring is 1. The van der Waals surface area contributed by atoms with E-state index in [1.807, 2.05) is 0 Å². The molecular weight excluding hydrogens is 221 g/mol. The minimum Gasteiger partial charge on any atom is -0.399 e. The summed E-state index contributed by atoms with van der Waals surface area (Å²) >= 11 is 0. The first kappa shape index (κ1) is 12.6. The lowest BCUT2D eigenvalue weighted by molar-refractivity contribution is -0.144. The quantitative estimate of drug-likeness (QED) is 0.851. The molecule has 0 saturated heterocycles. The van der Waals surface area contributed by atoms with Crippen LogP contribution >= 0.6 is 0 Å². The predicted octanol–water partition coefficient (Wildman–Crippen LogP) is 2.11. The number of alkyl halides is 3. The van der Waals surface area contributed by atoms with Crippen LogP contribution in [0.1, 0.15) is 19.5 Å². The zero-order chi connectivity index (χ0) is 12.5. The zero-order valence-corrected chi connectivity index (χ0v) is 9.01. The molecule has 0 bridgehead atoms. The van der Waals surface area contributed by atoms with E-state index in [0.717, 1.165) is 12.1 Å². The summed E-state index contributed by atoms with van der Waals surface area (Å²) in [6, 6.07) is 1.78. The van der Waals surface area contributed by atoms with Crippen LogP contribution in [-0.4, -0.2) is 4.57 Å². The first-order valence-corrected chi connectivity index (χ1v) is 4.79. The van der Waals surface area contributed by atoms with Gasteiger partial charge in [0.1, 0.15) is 5.69 Å². The Kier molecular flexibility index (Phi) is 3.30. The maximum absolute atomic E-state index is 12.6. The summed E-state index contributed by atoms with van der Waals surface area (Å²) in [4.78, 5) is 11.4. The van der Waals surface area contributed by atoms with Crippen LogP contribution in [-0.2, 0) is 12.7 Å². The second-order valence-electron chi connectivity index (χ2n) is 4.01. The number of halogens is 3. The van der Waals surface area contributed by atoms with Gasteiger partial charge in [0, 0.05) is 18.3 Å². The normalized spacial score (nSPS) is 12.1. The molecule has 0 fully saturated rings. The largest absolute Gasteiger partial charge is 0.431 e. The summed E-state index contributed by atoms with van der Waals surface area (Å²) in [5, 5.41) is 0. The van der Waals surface area contributed by atoms with Crippen molar-refractivity contribution in [3.05, 3.63) is 28.2 Å². The number of nitrogens with zero attached hydrogens (tertiary/aromatic N) is 1. The van der Waals surface area contributed by atoms with Crippen LogP contribution in [0, 0.1) is 5.92 Å². The molecule has 1 heterocycles. The van der Waals surface area contributed by atoms with Crippen molar-refractivity contribution in [2.75, 3.05) is 5.73 Å². The van der Waals surface area contributed by atoms with Gasteiger partial charge in [0.2, 0.25) is 0 Å². The van der Waals surface area contributed by atoms with E-state index in [2.05, 4.69) is 0 Å². The second kappa shape index (κ2) is 4.19. The molecule has 0 aliphatic heterocycles. The van der Waals surface area contributed by atoms with Crippen molar-refractivity contribution in [3.8, 4) is 0 Å². The zero-order valence-electron chi connectivity index (χ0n) is 9.01. The molecule has 0 aliphatic rings. The summed E-state index contributed by atoms with van der Waals surface area (Å²) in [7, 11) is 0. The molecule has 0 aromatic carbocycles. The maximum atomic E-state index is 12.6. The number of hydrogen-bond acceptors (Lipinski definition) is 2. The van der Waals surface area contributed by atoms with E-state index >= 15 is 0 Å². The van der Waals surface area contributed by atoms with Crippen LogP contribution in [0.2, 0.25) is 0 Å². The molecule has 0 amide bonds. The van der Waals surface area contributed by atoms with Gasteiger partial charge in [-0.05, 0) is 12.0 Å². The fourth-order valence-corrected chi connectivity index (χ4v) is 1.40. The standard InChI is InChI=1S/C10H13F3N2O/c1-6(2)5-15-8(10(11,12)13)3-7(14)4-9(15)16/h3-4,6H,5,14H2,1-2H3. The van der Waals surface area contributed by atoms with Gasteiger partial charge in [0.05, 0.1) is 0 Å². The maximum Gasteiger partial charge on any atom is 0.431 e. The Labute approximate surface area is 90.7 Å². The van der Waals surface area contributed by atoms with Crippen molar-refractivity contribution >= 4 is 5.69 Å². The van der Waals surface area contributed by atoms with Crippen molar-refractivity contribution in [2.24, 2.45) is 5.92 Å². The van der Waals surface area contributed by atoms with Gasteiger partial charge < -0.3 is 10.3 Å². The highest BCUT2D eigenvalue weighted by atomic mass is 19.4. The molecule has 1 aromatic rings. The molecule has 90 valence electrons. The van der Waals surface area contributed by atoms with Gasteiger partial charge in [-0.1, -0.05) is 13.8 Å². The predicted molar refractivity (Wildman–Crippen MR) is 55.0 cm³/mol. The van der Waals surface area contributed by atoms with Gasteiger partial charge in [-0.25, -0.2) is 0 Å². The van der Waals surface area contributed by atoms with Gasteiger partial charge in [0.15, 0.2) is 0 Å². The number of anilines is 1. The fraction of sp³-hybridized carbons (Fsp3) is 0.500. The van der Waals surface area contributed by atoms with Crippen LogP contribution in [0.5, 0.6) is 0 Å². The molecule has 0 saturated carbocycles. The lowest BCUT2D eigenvalue weighted by atomic mass is 10.2. The van der Waals surface area contributed by atoms with Gasteiger partial charge in [0.25, 0.3) is 5.56 Å². The summed E-state index contributed by atoms with van der Waals surface area (Å²) in [5.74, 6) is -0.0533. The van der Waals surface area contributed by atoms with E-state index in [0.29, 0.717) is 4.57 Å². The van der Waals surface area contributed by atoms with E-state index in [9.17, 15) is 18.0 Å². The molecule has 2 N–H and O–H groups in total. The monoisotopic (exact) mass is 234 g/mol. The molecule has 1 rings (SSSR count). The van der Waals surface area contributed by atoms with E-state index < -0.39 is 17.4 Å². The van der Waals surface area contributed by atoms with Crippen molar-refractivity contribution in [3.63, 3.8) is 0 Å². The number of nitrogens with two attached hydrogens (primary N) is 1. The molecule has 1 aromatic heterocycles. The third-order valence-electron chi connectivity index (χ3n) is 1.99. The van der Waals surface area contributed by atoms with Crippen LogP contribution in [0.15, 0.2) is 16.9 Å². The summed E-state index contributed by atoms with van der Waals surface area (Å²) < 4.78 is 38.6. The topological polar surface area (TPSA) is 48.0 Å². The van der Waals surface area contributed by atoms with Crippen LogP contribution in [0.3, 0.4) is 0 Å². The molecule has 16 heavy (non-hydrogen) atoms. The Morgan fingerprint density at radius 3 is 2.38 bits per heavy atom. The third kappa shape index (κ3) is 2.77. The van der Waals surface area contributed by atoms with Gasteiger partial charge in [-0.3, -0.25) is 4.79 Å². The molecule has 0 atom stereocenters. The molecule has 3 nitrogen and oxygen atoms in total. The van der Waals surface area contributed by atoms with Gasteiger partial charge in [-0.15, -0.1) is 0 Å². The van der Waals surface area contributed by atoms with Crippen molar-refractivity contribution in [1.29, 1.82) is 0 Å². The lowest BCUT2D eigenvalue weighted by Gasteiger charge is -2.17. The van der Waals surface area contributed by atoms with Crippen LogP contribution in [0.4, 0.5) is 18.9 Å². The van der Waals surface area contributed by atoms with Gasteiger partial charge >= 0.3 is 6.18 Å². The van der Waals surface area contributed by atoms with E-state index in [-0.39, 0.29) is 18.2 Å². The van der Waals surface area contributed by atoms with Crippen LogP contribution in [0.25, 0.3) is 0 Å². The minimum atomic E-state index is -4.57. The highest BCUT2D eigenvalue weighted by Crippen LogP contribution is 2.29. The van der Waals surface area contributed by atoms with Crippen LogP contribution < -0.4 is 11.3 Å². The number of hydrogen-bond donors (Lipinski definition) is 1. The highest BCUT2D eigenvalue weighted by molar-refractivity contribution is 5.38. The first-order valence-electron chi connectivity index (χ1n) is 4.79. The summed E-state index contributed by atoms with van der Waals surface area (Å²) in [6.45, 7) is 3.50. The molecule has 0 spiro atoms. The molecule has 0 radical (unpaired) electrons. The molecular formula is C10H13F3N2O. The lowest BCUT2D eigenvalue weighted by Crippen LogP contribution is -2.29. The Morgan fingerprint density at radius 1 is 1.38 bits per heavy atom. The summed E-state index contributed by atoms with van der Waals surface area (Å²) in [6.07, 6.45) is -4.57. The van der Waals surface area contributed by atoms with Crippen molar-refractivity contribution in [2.45, 2.75) is 26.6 Å². The molecule has 6 heteroatoms.